The number of hydrogen-bond acceptors (Lipinski definition) is 4. The molecule has 0 aromatic carbocycles. The van der Waals surface area contributed by atoms with Crippen molar-refractivity contribution in [3.63, 3.8) is 0 Å². The third kappa shape index (κ3) is 3.77. The Morgan fingerprint density at radius 1 is 1.20 bits per heavy atom. The van der Waals surface area contributed by atoms with E-state index in [1.54, 1.807) is 11.8 Å². The first kappa shape index (κ1) is 20.4. The molecule has 3 fully saturated rings. The lowest BCUT2D eigenvalue weighted by Crippen LogP contribution is -2.44. The van der Waals surface area contributed by atoms with E-state index in [2.05, 4.69) is 31.3 Å². The molecule has 4 heteroatoms. The molecule has 0 amide bonds. The van der Waals surface area contributed by atoms with Crippen molar-refractivity contribution in [1.82, 2.24) is 5.32 Å². The van der Waals surface area contributed by atoms with Crippen LogP contribution in [0.5, 0.6) is 0 Å². The average molecular weight is 412 g/mol. The van der Waals surface area contributed by atoms with Gasteiger partial charge in [-0.25, -0.2) is 0 Å². The van der Waals surface area contributed by atoms with Gasteiger partial charge in [-0.2, -0.15) is 0 Å². The predicted molar refractivity (Wildman–Crippen MR) is 117 cm³/mol. The molecule has 1 saturated heterocycles. The summed E-state index contributed by atoms with van der Waals surface area (Å²) in [6.07, 6.45) is 15.1. The second kappa shape index (κ2) is 8.18. The second-order valence-corrected chi connectivity index (χ2v) is 10.7. The van der Waals surface area contributed by atoms with Gasteiger partial charge >= 0.3 is 5.97 Å². The van der Waals surface area contributed by atoms with Gasteiger partial charge in [0.25, 0.3) is 0 Å². The van der Waals surface area contributed by atoms with Crippen LogP contribution in [0.3, 0.4) is 0 Å². The van der Waals surface area contributed by atoms with E-state index in [0.29, 0.717) is 17.9 Å². The number of hydrogen-bond donors (Lipinski definition) is 1. The highest BCUT2D eigenvalue weighted by Crippen LogP contribution is 2.53. The van der Waals surface area contributed by atoms with Gasteiger partial charge in [-0.3, -0.25) is 4.79 Å². The van der Waals surface area contributed by atoms with Crippen LogP contribution in [0.1, 0.15) is 71.0 Å². The van der Waals surface area contributed by atoms with Crippen LogP contribution >= 0.6 is 0 Å². The molecule has 0 spiro atoms. The molecule has 7 atom stereocenters. The minimum absolute atomic E-state index is 0.0163. The monoisotopic (exact) mass is 411 g/mol. The van der Waals surface area contributed by atoms with Crippen LogP contribution in [0, 0.1) is 29.1 Å². The van der Waals surface area contributed by atoms with Gasteiger partial charge in [-0.05, 0) is 61.5 Å². The number of allylic oxidation sites excluding steroid dienone is 1. The van der Waals surface area contributed by atoms with Crippen LogP contribution in [0.4, 0.5) is 0 Å². The first-order chi connectivity index (χ1) is 14.5. The largest absolute Gasteiger partial charge is 0.469 e. The highest BCUT2D eigenvalue weighted by molar-refractivity contribution is 5.76. The lowest BCUT2D eigenvalue weighted by atomic mass is 9.59. The first-order valence-electron chi connectivity index (χ1n) is 12.2. The van der Waals surface area contributed by atoms with E-state index in [9.17, 15) is 4.79 Å². The Kier molecular flexibility index (Phi) is 5.55. The number of ether oxygens (including phenoxy) is 1. The Morgan fingerprint density at radius 2 is 2.07 bits per heavy atom. The van der Waals surface area contributed by atoms with Crippen molar-refractivity contribution < 1.29 is 13.9 Å². The number of carbonyl (C=O) groups excluding carboxylic acids is 1. The predicted octanol–water partition coefficient (Wildman–Crippen LogP) is 5.28. The van der Waals surface area contributed by atoms with E-state index in [4.69, 9.17) is 9.15 Å². The summed E-state index contributed by atoms with van der Waals surface area (Å²) in [5, 5.41) is 3.81. The van der Waals surface area contributed by atoms with Gasteiger partial charge in [0.2, 0.25) is 0 Å². The summed E-state index contributed by atoms with van der Waals surface area (Å²) >= 11 is 0. The zero-order valence-corrected chi connectivity index (χ0v) is 18.6. The van der Waals surface area contributed by atoms with Crippen molar-refractivity contribution in [1.29, 1.82) is 0 Å². The molecule has 2 saturated carbocycles. The summed E-state index contributed by atoms with van der Waals surface area (Å²) in [5.74, 6) is 2.54. The summed E-state index contributed by atoms with van der Waals surface area (Å²) < 4.78 is 11.6. The maximum absolute atomic E-state index is 12.8. The van der Waals surface area contributed by atoms with Crippen molar-refractivity contribution >= 4 is 5.97 Å². The molecular formula is C26H37NO3. The van der Waals surface area contributed by atoms with E-state index in [1.165, 1.54) is 44.9 Å². The fourth-order valence-electron chi connectivity index (χ4n) is 6.97. The Labute approximate surface area is 180 Å². The van der Waals surface area contributed by atoms with Crippen molar-refractivity contribution in [3.8, 4) is 0 Å². The molecule has 5 rings (SSSR count). The van der Waals surface area contributed by atoms with Gasteiger partial charge in [0.1, 0.15) is 11.9 Å². The van der Waals surface area contributed by atoms with Gasteiger partial charge in [-0.15, -0.1) is 0 Å². The molecule has 1 N–H and O–H groups in total. The molecule has 3 aliphatic carbocycles. The SMILES string of the molecule is C[C@@H]1CCC[C@@]2(C)C[C@H]3OC(=O)[C@@H](CN[C@H]4CCCC[C@@H]4Cc4ccco4)[C@@H]3C=C12. The van der Waals surface area contributed by atoms with Crippen LogP contribution < -0.4 is 5.32 Å². The zero-order valence-electron chi connectivity index (χ0n) is 18.6. The quantitative estimate of drug-likeness (QED) is 0.529. The number of carbonyl (C=O) groups is 1. The van der Waals surface area contributed by atoms with Gasteiger partial charge in [0, 0.05) is 24.9 Å². The maximum Gasteiger partial charge on any atom is 0.311 e. The van der Waals surface area contributed by atoms with Crippen LogP contribution in [-0.2, 0) is 16.0 Å². The Bertz CT molecular complexity index is 784. The Hall–Kier alpha value is -1.55. The van der Waals surface area contributed by atoms with Crippen molar-refractivity contribution in [2.75, 3.05) is 6.54 Å². The number of nitrogens with one attached hydrogen (secondary N) is 1. The molecule has 0 radical (unpaired) electrons. The molecule has 1 aliphatic heterocycles. The Morgan fingerprint density at radius 3 is 2.90 bits per heavy atom. The molecule has 4 aliphatic rings. The summed E-state index contributed by atoms with van der Waals surface area (Å²) in [7, 11) is 0. The van der Waals surface area contributed by atoms with E-state index in [1.807, 2.05) is 6.07 Å². The number of furan rings is 1. The summed E-state index contributed by atoms with van der Waals surface area (Å²) in [6, 6.07) is 4.53. The maximum atomic E-state index is 12.8. The van der Waals surface area contributed by atoms with Gasteiger partial charge in [-0.1, -0.05) is 44.8 Å². The molecular weight excluding hydrogens is 374 g/mol. The summed E-state index contributed by atoms with van der Waals surface area (Å²) in [5.41, 5.74) is 1.84. The summed E-state index contributed by atoms with van der Waals surface area (Å²) in [6.45, 7) is 5.51. The highest BCUT2D eigenvalue weighted by Gasteiger charge is 2.51. The Balaban J connectivity index is 1.28. The topological polar surface area (TPSA) is 51.5 Å². The summed E-state index contributed by atoms with van der Waals surface area (Å²) in [4.78, 5) is 12.8. The van der Waals surface area contributed by atoms with Crippen LogP contribution in [0.2, 0.25) is 0 Å². The van der Waals surface area contributed by atoms with Crippen molar-refractivity contribution in [2.45, 2.75) is 83.8 Å². The molecule has 1 aromatic heterocycles. The minimum Gasteiger partial charge on any atom is -0.469 e. The van der Waals surface area contributed by atoms with E-state index < -0.39 is 0 Å². The van der Waals surface area contributed by atoms with Crippen LogP contribution in [0.25, 0.3) is 0 Å². The first-order valence-corrected chi connectivity index (χ1v) is 12.2. The fourth-order valence-corrected chi connectivity index (χ4v) is 6.97. The minimum atomic E-state index is -0.0348. The average Bonchev–Trinajstić information content (AvgIpc) is 3.33. The van der Waals surface area contributed by atoms with Crippen LogP contribution in [-0.4, -0.2) is 24.7 Å². The third-order valence-electron chi connectivity index (χ3n) is 8.63. The van der Waals surface area contributed by atoms with Gasteiger partial charge in [0.05, 0.1) is 12.2 Å². The molecule has 164 valence electrons. The number of fused-ring (bicyclic) bond motifs is 2. The molecule has 1 aromatic rings. The molecule has 4 nitrogen and oxygen atoms in total. The zero-order chi connectivity index (χ0) is 20.7. The second-order valence-electron chi connectivity index (χ2n) is 10.7. The molecule has 2 heterocycles. The van der Waals surface area contributed by atoms with E-state index >= 15 is 0 Å². The molecule has 0 bridgehead atoms. The van der Waals surface area contributed by atoms with Gasteiger partial charge < -0.3 is 14.5 Å². The van der Waals surface area contributed by atoms with Gasteiger partial charge in [0.15, 0.2) is 0 Å². The molecule has 0 unspecified atom stereocenters. The number of rotatable bonds is 5. The third-order valence-corrected chi connectivity index (χ3v) is 8.63. The van der Waals surface area contributed by atoms with E-state index in [0.717, 1.165) is 25.1 Å². The lowest BCUT2D eigenvalue weighted by Gasteiger charge is -2.46. The smallest absolute Gasteiger partial charge is 0.311 e. The van der Waals surface area contributed by atoms with Crippen molar-refractivity contribution in [3.05, 3.63) is 35.8 Å². The van der Waals surface area contributed by atoms with E-state index in [-0.39, 0.29) is 29.3 Å². The fraction of sp³-hybridized carbons (Fsp3) is 0.731. The lowest BCUT2D eigenvalue weighted by molar-refractivity contribution is -0.145. The highest BCUT2D eigenvalue weighted by atomic mass is 16.6. The van der Waals surface area contributed by atoms with Crippen molar-refractivity contribution in [2.24, 2.45) is 29.1 Å². The number of esters is 1. The standard InChI is InChI=1S/C26H37NO3/c1-17-7-5-11-26(2)15-24-20(14-22(17)26)21(25(28)30-24)16-27-23-10-4-3-8-18(23)13-19-9-6-12-29-19/h6,9,12,14,17-18,20-21,23-24,27H,3-5,7-8,10-11,13,15-16H2,1-2H3/t17-,18-,20+,21+,23+,24-,26+/m1/s1. The molecule has 30 heavy (non-hydrogen) atoms. The van der Waals surface area contributed by atoms with Crippen LogP contribution in [0.15, 0.2) is 34.5 Å². The normalized spacial score (nSPS) is 41.0.